The van der Waals surface area contributed by atoms with Gasteiger partial charge in [-0.25, -0.2) is 4.79 Å². The second kappa shape index (κ2) is 19.4. The van der Waals surface area contributed by atoms with Gasteiger partial charge in [0.2, 0.25) is 11.8 Å². The van der Waals surface area contributed by atoms with E-state index >= 15 is 0 Å². The monoisotopic (exact) mass is 623 g/mol. The van der Waals surface area contributed by atoms with Gasteiger partial charge >= 0.3 is 6.09 Å². The van der Waals surface area contributed by atoms with Crippen LogP contribution in [-0.2, 0) is 39.8 Å². The van der Waals surface area contributed by atoms with E-state index in [4.69, 9.17) is 23.7 Å². The Labute approximate surface area is 265 Å². The minimum Gasteiger partial charge on any atom is -0.444 e. The first-order valence-electron chi connectivity index (χ1n) is 15.3. The quantitative estimate of drug-likeness (QED) is 0.191. The van der Waals surface area contributed by atoms with Gasteiger partial charge in [-0.2, -0.15) is 0 Å². The van der Waals surface area contributed by atoms with Crippen LogP contribution < -0.4 is 15.5 Å². The Bertz CT molecular complexity index is 1300. The normalized spacial score (nSPS) is 12.1. The summed E-state index contributed by atoms with van der Waals surface area (Å²) in [6.07, 6.45) is -0.294. The van der Waals surface area contributed by atoms with Crippen molar-refractivity contribution in [2.75, 3.05) is 70.8 Å². The van der Waals surface area contributed by atoms with Crippen molar-refractivity contribution in [3.8, 4) is 11.8 Å². The number of hydrogen-bond donors (Lipinski definition) is 2. The molecule has 3 amide bonds. The molecule has 2 aromatic carbocycles. The lowest BCUT2D eigenvalue weighted by Crippen LogP contribution is -2.34. The predicted octanol–water partition coefficient (Wildman–Crippen LogP) is 3.42. The van der Waals surface area contributed by atoms with Gasteiger partial charge in [0.15, 0.2) is 0 Å². The number of carbonyl (C=O) groups excluding carboxylic acids is 3. The molecule has 45 heavy (non-hydrogen) atoms. The average molecular weight is 624 g/mol. The first-order chi connectivity index (χ1) is 21.7. The van der Waals surface area contributed by atoms with E-state index in [1.54, 1.807) is 25.7 Å². The molecular weight excluding hydrogens is 578 g/mol. The van der Waals surface area contributed by atoms with Gasteiger partial charge in [0.05, 0.1) is 65.1 Å². The molecule has 0 bridgehead atoms. The fraction of sp³-hybridized carbons (Fsp3) is 0.500. The largest absolute Gasteiger partial charge is 0.444 e. The summed E-state index contributed by atoms with van der Waals surface area (Å²) in [5, 5.41) is 5.42. The number of alkyl carbamates (subject to hydrolysis) is 1. The zero-order chi connectivity index (χ0) is 32.3. The molecule has 0 saturated heterocycles. The molecule has 11 nitrogen and oxygen atoms in total. The van der Waals surface area contributed by atoms with Crippen LogP contribution >= 0.6 is 0 Å². The van der Waals surface area contributed by atoms with Gasteiger partial charge in [-0.05, 0) is 44.5 Å². The van der Waals surface area contributed by atoms with Gasteiger partial charge in [-0.1, -0.05) is 42.2 Å². The number of nitrogens with zero attached hydrogens (tertiary/aromatic N) is 1. The molecule has 0 unspecified atom stereocenters. The standard InChI is InChI=1S/C34H45N3O8/c1-34(2,3)45-33(40)36-17-19-42-21-23-44-25-24-43-22-20-41-18-16-35-31(38)14-15-32(39)37-26-29-10-5-4-8-27(29)12-13-28-9-6-7-11-30(28)37/h4-11H,14-26H2,1-3H3,(H,35,38)(H,36,40). The molecule has 0 aliphatic carbocycles. The van der Waals surface area contributed by atoms with Crippen LogP contribution in [-0.4, -0.2) is 89.5 Å². The van der Waals surface area contributed by atoms with Crippen LogP contribution in [0.25, 0.3) is 0 Å². The molecule has 3 rings (SSSR count). The van der Waals surface area contributed by atoms with E-state index in [1.165, 1.54) is 0 Å². The van der Waals surface area contributed by atoms with E-state index in [-0.39, 0.29) is 24.7 Å². The molecule has 0 radical (unpaired) electrons. The lowest BCUT2D eigenvalue weighted by molar-refractivity contribution is -0.125. The number of anilines is 1. The van der Waals surface area contributed by atoms with E-state index < -0.39 is 11.7 Å². The second-order valence-corrected chi connectivity index (χ2v) is 11.1. The second-order valence-electron chi connectivity index (χ2n) is 11.1. The van der Waals surface area contributed by atoms with Crippen LogP contribution in [0.5, 0.6) is 0 Å². The van der Waals surface area contributed by atoms with Gasteiger partial charge < -0.3 is 39.2 Å². The summed E-state index contributed by atoms with van der Waals surface area (Å²) < 4.78 is 26.9. The molecule has 1 aliphatic rings. The maximum Gasteiger partial charge on any atom is 0.407 e. The molecule has 0 spiro atoms. The average Bonchev–Trinajstić information content (AvgIpc) is 3.00. The highest BCUT2D eigenvalue weighted by molar-refractivity contribution is 5.96. The predicted molar refractivity (Wildman–Crippen MR) is 170 cm³/mol. The topological polar surface area (TPSA) is 125 Å². The van der Waals surface area contributed by atoms with E-state index in [1.807, 2.05) is 48.5 Å². The Morgan fingerprint density at radius 2 is 1.24 bits per heavy atom. The molecule has 11 heteroatoms. The molecule has 0 atom stereocenters. The van der Waals surface area contributed by atoms with E-state index in [2.05, 4.69) is 22.5 Å². The van der Waals surface area contributed by atoms with E-state index in [0.717, 1.165) is 22.4 Å². The lowest BCUT2D eigenvalue weighted by Gasteiger charge is -2.26. The lowest BCUT2D eigenvalue weighted by atomic mass is 10.0. The van der Waals surface area contributed by atoms with Gasteiger partial charge in [-0.15, -0.1) is 0 Å². The van der Waals surface area contributed by atoms with Gasteiger partial charge in [0, 0.05) is 37.1 Å². The number of nitrogens with one attached hydrogen (secondary N) is 2. The van der Waals surface area contributed by atoms with Gasteiger partial charge in [0.1, 0.15) is 5.60 Å². The fourth-order valence-corrected chi connectivity index (χ4v) is 4.22. The Hall–Kier alpha value is -3.95. The zero-order valence-electron chi connectivity index (χ0n) is 26.5. The highest BCUT2D eigenvalue weighted by Crippen LogP contribution is 2.26. The van der Waals surface area contributed by atoms with Crippen molar-refractivity contribution in [1.82, 2.24) is 10.6 Å². The summed E-state index contributed by atoms with van der Waals surface area (Å²) in [6, 6.07) is 15.4. The zero-order valence-corrected chi connectivity index (χ0v) is 26.5. The Morgan fingerprint density at radius 3 is 1.89 bits per heavy atom. The van der Waals surface area contributed by atoms with Crippen LogP contribution in [0.2, 0.25) is 0 Å². The third kappa shape index (κ3) is 14.1. The Kier molecular flexibility index (Phi) is 15.3. The Morgan fingerprint density at radius 1 is 0.711 bits per heavy atom. The molecule has 244 valence electrons. The third-order valence-corrected chi connectivity index (χ3v) is 6.34. The number of ether oxygens (including phenoxy) is 5. The summed E-state index contributed by atoms with van der Waals surface area (Å²) >= 11 is 0. The minimum absolute atomic E-state index is 0.0853. The molecule has 1 heterocycles. The highest BCUT2D eigenvalue weighted by Gasteiger charge is 2.21. The molecule has 0 fully saturated rings. The maximum absolute atomic E-state index is 13.2. The fourth-order valence-electron chi connectivity index (χ4n) is 4.22. The number of para-hydroxylation sites is 1. The van der Waals surface area contributed by atoms with Crippen molar-refractivity contribution in [1.29, 1.82) is 0 Å². The summed E-state index contributed by atoms with van der Waals surface area (Å²) in [7, 11) is 0. The molecule has 1 aliphatic heterocycles. The van der Waals surface area contributed by atoms with Crippen LogP contribution in [0.15, 0.2) is 48.5 Å². The summed E-state index contributed by atoms with van der Waals surface area (Å²) in [5.74, 6) is 6.05. The SMILES string of the molecule is CC(C)(C)OC(=O)NCCOCCOCCOCCOCCNC(=O)CCC(=O)N1Cc2ccccc2C#Cc2ccccc21. The Balaban J connectivity index is 1.17. The number of carbonyl (C=O) groups is 3. The van der Waals surface area contributed by atoms with Crippen molar-refractivity contribution >= 4 is 23.6 Å². The van der Waals surface area contributed by atoms with Crippen molar-refractivity contribution in [3.05, 3.63) is 65.2 Å². The molecule has 2 N–H and O–H groups in total. The van der Waals surface area contributed by atoms with Crippen LogP contribution in [0.4, 0.5) is 10.5 Å². The van der Waals surface area contributed by atoms with Crippen LogP contribution in [0.1, 0.15) is 50.3 Å². The van der Waals surface area contributed by atoms with Gasteiger partial charge in [0.25, 0.3) is 0 Å². The van der Waals surface area contributed by atoms with Crippen LogP contribution in [0, 0.1) is 11.8 Å². The van der Waals surface area contributed by atoms with Crippen molar-refractivity contribution in [2.24, 2.45) is 0 Å². The summed E-state index contributed by atoms with van der Waals surface area (Å²) in [5.41, 5.74) is 2.88. The number of hydrogen-bond acceptors (Lipinski definition) is 8. The number of fused-ring (bicyclic) bond motifs is 2. The maximum atomic E-state index is 13.2. The molecular formula is C34H45N3O8. The summed E-state index contributed by atoms with van der Waals surface area (Å²) in [4.78, 5) is 38.8. The number of amides is 3. The molecule has 0 saturated carbocycles. The third-order valence-electron chi connectivity index (χ3n) is 6.34. The smallest absolute Gasteiger partial charge is 0.407 e. The minimum atomic E-state index is -0.526. The van der Waals surface area contributed by atoms with Gasteiger partial charge in [-0.3, -0.25) is 9.59 Å². The van der Waals surface area contributed by atoms with Crippen molar-refractivity contribution in [2.45, 2.75) is 45.8 Å². The summed E-state index contributed by atoms with van der Waals surface area (Å²) in [6.45, 7) is 9.72. The van der Waals surface area contributed by atoms with E-state index in [9.17, 15) is 14.4 Å². The highest BCUT2D eigenvalue weighted by atomic mass is 16.6. The molecule has 0 aromatic heterocycles. The van der Waals surface area contributed by atoms with Crippen LogP contribution in [0.3, 0.4) is 0 Å². The van der Waals surface area contributed by atoms with Crippen molar-refractivity contribution in [3.63, 3.8) is 0 Å². The van der Waals surface area contributed by atoms with E-state index in [0.29, 0.717) is 72.5 Å². The number of rotatable bonds is 18. The number of benzene rings is 2. The first kappa shape index (κ1) is 35.5. The first-order valence-corrected chi connectivity index (χ1v) is 15.3. The molecule has 2 aromatic rings. The van der Waals surface area contributed by atoms with Crippen molar-refractivity contribution < 1.29 is 38.1 Å².